The Morgan fingerprint density at radius 2 is 1.81 bits per heavy atom. The molecule has 1 aromatic carbocycles. The molecule has 0 unspecified atom stereocenters. The van der Waals surface area contributed by atoms with Crippen LogP contribution < -0.4 is 4.74 Å². The fourth-order valence-corrected chi connectivity index (χ4v) is 4.92. The maximum atomic E-state index is 14.0. The fraction of sp³-hybridized carbons (Fsp3) is 0.500. The van der Waals surface area contributed by atoms with Gasteiger partial charge in [0.2, 0.25) is 0 Å². The van der Waals surface area contributed by atoms with Gasteiger partial charge in [0.15, 0.2) is 23.2 Å². The number of likely N-dealkylation sites (tertiary alicyclic amines) is 1. The van der Waals surface area contributed by atoms with Gasteiger partial charge in [-0.3, -0.25) is 9.59 Å². The third kappa shape index (κ3) is 4.56. The molecule has 166 valence electrons. The van der Waals surface area contributed by atoms with E-state index in [4.69, 9.17) is 9.15 Å². The van der Waals surface area contributed by atoms with E-state index in [9.17, 15) is 14.0 Å². The molecule has 7 nitrogen and oxygen atoms in total. The van der Waals surface area contributed by atoms with E-state index in [1.165, 1.54) is 19.2 Å². The Kier molecular flexibility index (Phi) is 6.50. The smallest absolute Gasteiger partial charge is 0.276 e. The molecule has 4 rings (SSSR count). The van der Waals surface area contributed by atoms with E-state index in [1.54, 1.807) is 17.9 Å². The van der Waals surface area contributed by atoms with Gasteiger partial charge in [0.1, 0.15) is 5.76 Å². The second-order valence-electron chi connectivity index (χ2n) is 7.78. The lowest BCUT2D eigenvalue weighted by Crippen LogP contribution is -2.38. The molecule has 2 amide bonds. The van der Waals surface area contributed by atoms with E-state index in [0.29, 0.717) is 48.8 Å². The molecule has 2 aliphatic heterocycles. The highest BCUT2D eigenvalue weighted by atomic mass is 32.2. The van der Waals surface area contributed by atoms with Gasteiger partial charge in [-0.1, -0.05) is 0 Å². The van der Waals surface area contributed by atoms with Crippen LogP contribution in [0.5, 0.6) is 5.75 Å². The van der Waals surface area contributed by atoms with Crippen molar-refractivity contribution in [1.82, 2.24) is 14.8 Å². The van der Waals surface area contributed by atoms with E-state index >= 15 is 0 Å². The monoisotopic (exact) mass is 447 g/mol. The number of hydrogen-bond donors (Lipinski definition) is 0. The van der Waals surface area contributed by atoms with Crippen LogP contribution in [0, 0.1) is 12.7 Å². The number of thioether (sulfide) groups is 1. The summed E-state index contributed by atoms with van der Waals surface area (Å²) in [5, 5.41) is 0. The molecule has 0 radical (unpaired) electrons. The van der Waals surface area contributed by atoms with Crippen molar-refractivity contribution >= 4 is 23.6 Å². The maximum Gasteiger partial charge on any atom is 0.276 e. The molecule has 0 saturated carbocycles. The normalized spacial score (nSPS) is 17.6. The highest BCUT2D eigenvalue weighted by Crippen LogP contribution is 2.30. The van der Waals surface area contributed by atoms with Crippen LogP contribution >= 0.6 is 11.8 Å². The van der Waals surface area contributed by atoms with Crippen LogP contribution in [-0.4, -0.2) is 71.4 Å². The first kappa shape index (κ1) is 21.7. The van der Waals surface area contributed by atoms with E-state index in [1.807, 2.05) is 16.7 Å². The summed E-state index contributed by atoms with van der Waals surface area (Å²) < 4.78 is 24.7. The van der Waals surface area contributed by atoms with Gasteiger partial charge in [-0.25, -0.2) is 9.37 Å². The molecule has 0 aliphatic carbocycles. The SMILES string of the molecule is COc1ccc(C(=O)N2CCC(c3nc(C(=O)N4CCSCC4)c(C)o3)CC2)cc1F. The largest absolute Gasteiger partial charge is 0.494 e. The Morgan fingerprint density at radius 3 is 2.45 bits per heavy atom. The molecular weight excluding hydrogens is 421 g/mol. The lowest BCUT2D eigenvalue weighted by atomic mass is 9.96. The van der Waals surface area contributed by atoms with Crippen molar-refractivity contribution in [3.05, 3.63) is 46.9 Å². The number of carbonyl (C=O) groups excluding carboxylic acids is 2. The molecule has 2 fully saturated rings. The molecule has 0 bridgehead atoms. The first-order chi connectivity index (χ1) is 15.0. The zero-order chi connectivity index (χ0) is 22.0. The third-order valence-electron chi connectivity index (χ3n) is 5.84. The van der Waals surface area contributed by atoms with Crippen LogP contribution in [0.2, 0.25) is 0 Å². The number of benzene rings is 1. The zero-order valence-electron chi connectivity index (χ0n) is 17.7. The van der Waals surface area contributed by atoms with Gasteiger partial charge in [0, 0.05) is 49.2 Å². The van der Waals surface area contributed by atoms with E-state index in [0.717, 1.165) is 24.6 Å². The molecule has 2 aromatic rings. The van der Waals surface area contributed by atoms with E-state index < -0.39 is 5.82 Å². The average molecular weight is 448 g/mol. The molecule has 0 atom stereocenters. The summed E-state index contributed by atoms with van der Waals surface area (Å²) in [5.74, 6) is 2.34. The molecule has 2 aliphatic rings. The minimum absolute atomic E-state index is 0.0498. The van der Waals surface area contributed by atoms with Crippen LogP contribution in [0.15, 0.2) is 22.6 Å². The Balaban J connectivity index is 1.39. The van der Waals surface area contributed by atoms with Crippen LogP contribution in [0.25, 0.3) is 0 Å². The first-order valence-electron chi connectivity index (χ1n) is 10.4. The second kappa shape index (κ2) is 9.30. The molecule has 9 heteroatoms. The fourth-order valence-electron chi connectivity index (χ4n) is 4.02. The first-order valence-corrected chi connectivity index (χ1v) is 11.6. The third-order valence-corrected chi connectivity index (χ3v) is 6.79. The Bertz CT molecular complexity index is 966. The Morgan fingerprint density at radius 1 is 1.13 bits per heavy atom. The molecule has 3 heterocycles. The number of amides is 2. The van der Waals surface area contributed by atoms with Gasteiger partial charge in [-0.15, -0.1) is 0 Å². The van der Waals surface area contributed by atoms with Gasteiger partial charge in [-0.2, -0.15) is 11.8 Å². The van der Waals surface area contributed by atoms with Crippen molar-refractivity contribution in [3.63, 3.8) is 0 Å². The summed E-state index contributed by atoms with van der Waals surface area (Å²) in [5.41, 5.74) is 0.699. The van der Waals surface area contributed by atoms with Crippen molar-refractivity contribution in [3.8, 4) is 5.75 Å². The van der Waals surface area contributed by atoms with Crippen LogP contribution in [0.4, 0.5) is 4.39 Å². The lowest BCUT2D eigenvalue weighted by molar-refractivity contribution is 0.0705. The van der Waals surface area contributed by atoms with E-state index in [-0.39, 0.29) is 23.5 Å². The van der Waals surface area contributed by atoms with Crippen LogP contribution in [-0.2, 0) is 0 Å². The zero-order valence-corrected chi connectivity index (χ0v) is 18.5. The van der Waals surface area contributed by atoms with Crippen LogP contribution in [0.3, 0.4) is 0 Å². The van der Waals surface area contributed by atoms with Gasteiger partial charge in [0.05, 0.1) is 7.11 Å². The highest BCUT2D eigenvalue weighted by Gasteiger charge is 2.30. The van der Waals surface area contributed by atoms with Crippen LogP contribution in [0.1, 0.15) is 51.3 Å². The summed E-state index contributed by atoms with van der Waals surface area (Å²) in [6.07, 6.45) is 1.36. The Labute approximate surface area is 184 Å². The van der Waals surface area contributed by atoms with Crippen molar-refractivity contribution in [2.75, 3.05) is 44.8 Å². The quantitative estimate of drug-likeness (QED) is 0.716. The molecule has 0 N–H and O–H groups in total. The summed E-state index contributed by atoms with van der Waals surface area (Å²) in [6.45, 7) is 4.28. The molecule has 31 heavy (non-hydrogen) atoms. The standard InChI is InChI=1S/C22H26FN3O4S/c1-14-19(22(28)26-9-11-31-12-10-26)24-20(30-14)15-5-7-25(8-6-15)21(27)16-3-4-18(29-2)17(23)13-16/h3-4,13,15H,5-12H2,1-2H3. The highest BCUT2D eigenvalue weighted by molar-refractivity contribution is 7.99. The van der Waals surface area contributed by atoms with Crippen molar-refractivity contribution < 1.29 is 23.1 Å². The van der Waals surface area contributed by atoms with Crippen molar-refractivity contribution in [1.29, 1.82) is 0 Å². The van der Waals surface area contributed by atoms with E-state index in [2.05, 4.69) is 4.98 Å². The van der Waals surface area contributed by atoms with Gasteiger partial charge in [-0.05, 0) is 38.0 Å². The number of carbonyl (C=O) groups is 2. The Hall–Kier alpha value is -2.55. The number of ether oxygens (including phenoxy) is 1. The van der Waals surface area contributed by atoms with Crippen molar-refractivity contribution in [2.24, 2.45) is 0 Å². The predicted molar refractivity (Wildman–Crippen MR) is 115 cm³/mol. The molecule has 0 spiro atoms. The number of hydrogen-bond acceptors (Lipinski definition) is 6. The minimum Gasteiger partial charge on any atom is -0.494 e. The number of piperidine rings is 1. The number of halogens is 1. The number of rotatable bonds is 4. The summed E-state index contributed by atoms with van der Waals surface area (Å²) >= 11 is 1.85. The summed E-state index contributed by atoms with van der Waals surface area (Å²) in [4.78, 5) is 33.6. The van der Waals surface area contributed by atoms with Crippen molar-refractivity contribution in [2.45, 2.75) is 25.7 Å². The van der Waals surface area contributed by atoms with Gasteiger partial charge >= 0.3 is 0 Å². The summed E-state index contributed by atoms with van der Waals surface area (Å²) in [6, 6.07) is 4.25. The number of nitrogens with zero attached hydrogens (tertiary/aromatic N) is 3. The predicted octanol–water partition coefficient (Wildman–Crippen LogP) is 3.34. The number of aromatic nitrogens is 1. The lowest BCUT2D eigenvalue weighted by Gasteiger charge is -2.30. The number of methoxy groups -OCH3 is 1. The topological polar surface area (TPSA) is 75.9 Å². The summed E-state index contributed by atoms with van der Waals surface area (Å²) in [7, 11) is 1.39. The molecular formula is C22H26FN3O4S. The minimum atomic E-state index is -0.553. The molecule has 1 aromatic heterocycles. The average Bonchev–Trinajstić information content (AvgIpc) is 3.20. The number of oxazole rings is 1. The van der Waals surface area contributed by atoms with Gasteiger partial charge < -0.3 is 19.0 Å². The molecule has 2 saturated heterocycles. The second-order valence-corrected chi connectivity index (χ2v) is 9.00. The number of aryl methyl sites for hydroxylation is 1. The van der Waals surface area contributed by atoms with Gasteiger partial charge in [0.25, 0.3) is 11.8 Å². The maximum absolute atomic E-state index is 14.0.